The van der Waals surface area contributed by atoms with E-state index in [-0.39, 0.29) is 11.6 Å². The monoisotopic (exact) mass is 640 g/mol. The van der Waals surface area contributed by atoms with E-state index >= 15 is 0 Å². The van der Waals surface area contributed by atoms with Crippen LogP contribution in [0.1, 0.15) is 11.1 Å². The maximum absolute atomic E-state index is 12.2. The van der Waals surface area contributed by atoms with Crippen molar-refractivity contribution in [1.82, 2.24) is 5.43 Å². The van der Waals surface area contributed by atoms with E-state index in [1.807, 2.05) is 18.2 Å². The molecular weight excluding hydrogens is 625 g/mol. The van der Waals surface area contributed by atoms with Gasteiger partial charge in [-0.25, -0.2) is 9.98 Å². The van der Waals surface area contributed by atoms with Crippen LogP contribution >= 0.6 is 44.1 Å². The number of benzene rings is 3. The summed E-state index contributed by atoms with van der Waals surface area (Å²) in [7, 11) is 0. The fourth-order valence-corrected chi connectivity index (χ4v) is 3.98. The number of amidine groups is 1. The Bertz CT molecular complexity index is 1280. The van der Waals surface area contributed by atoms with Gasteiger partial charge in [-0.05, 0) is 86.0 Å². The van der Waals surface area contributed by atoms with Crippen LogP contribution in [0.25, 0.3) is 0 Å². The Kier molecular flexibility index (Phi) is 9.56. The van der Waals surface area contributed by atoms with Crippen LogP contribution in [0.5, 0.6) is 5.75 Å². The molecule has 0 saturated heterocycles. The van der Waals surface area contributed by atoms with E-state index in [1.54, 1.807) is 30.5 Å². The van der Waals surface area contributed by atoms with Gasteiger partial charge in [0.25, 0.3) is 0 Å². The largest absolute Gasteiger partial charge is 0.573 e. The molecule has 7 nitrogen and oxygen atoms in total. The third-order valence-corrected chi connectivity index (χ3v) is 5.78. The molecule has 4 N–H and O–H groups in total. The van der Waals surface area contributed by atoms with E-state index in [0.29, 0.717) is 16.4 Å². The first-order valence-corrected chi connectivity index (χ1v) is 12.0. The molecule has 3 rings (SSSR count). The lowest BCUT2D eigenvalue weighted by atomic mass is 10.1. The van der Waals surface area contributed by atoms with E-state index in [4.69, 9.17) is 18.0 Å². The lowest BCUT2D eigenvalue weighted by molar-refractivity contribution is -0.274. The van der Waals surface area contributed by atoms with Crippen molar-refractivity contribution in [2.75, 3.05) is 5.32 Å². The summed E-state index contributed by atoms with van der Waals surface area (Å²) in [5.41, 5.74) is 11.3. The minimum Gasteiger partial charge on any atom is -0.406 e. The predicted molar refractivity (Wildman–Crippen MR) is 147 cm³/mol. The summed E-state index contributed by atoms with van der Waals surface area (Å²) in [6.07, 6.45) is -1.94. The van der Waals surface area contributed by atoms with Crippen molar-refractivity contribution in [1.29, 1.82) is 0 Å². The molecule has 36 heavy (non-hydrogen) atoms. The van der Waals surface area contributed by atoms with Crippen LogP contribution in [0.4, 0.5) is 24.5 Å². The van der Waals surface area contributed by atoms with Gasteiger partial charge in [-0.2, -0.15) is 5.10 Å². The minimum atomic E-state index is -4.75. The van der Waals surface area contributed by atoms with E-state index < -0.39 is 6.36 Å². The number of hydrogen-bond acceptors (Lipinski definition) is 4. The number of hydrogen-bond donors (Lipinski definition) is 3. The standard InChI is InChI=1S/C23H17Br2F3N6OS/c24-18-2-1-3-19(25)20(18)33-22(36)34-32-12-14-4-6-15(7-5-14)21(29)31-13-30-16-8-10-17(11-9-16)35-23(26,27)28/h1-13H,(H2,29,30,31)(H2,33,34,36)/b32-12+. The van der Waals surface area contributed by atoms with Crippen molar-refractivity contribution >= 4 is 79.0 Å². The molecule has 186 valence electrons. The molecule has 0 fully saturated rings. The molecule has 3 aromatic rings. The molecule has 0 spiro atoms. The summed E-state index contributed by atoms with van der Waals surface area (Å²) in [6.45, 7) is 0. The SMILES string of the molecule is NC(=NC=Nc1ccc(OC(F)(F)F)cc1)c1ccc(/C=N/NC(=S)Nc2c(Br)cccc2Br)cc1. The molecule has 0 unspecified atom stereocenters. The highest BCUT2D eigenvalue weighted by atomic mass is 79.9. The predicted octanol–water partition coefficient (Wildman–Crippen LogP) is 6.50. The quantitative estimate of drug-likeness (QED) is 0.119. The first kappa shape index (κ1) is 27.3. The molecule has 0 aliphatic carbocycles. The second-order valence-corrected chi connectivity index (χ2v) is 8.96. The third-order valence-electron chi connectivity index (χ3n) is 4.26. The molecule has 13 heteroatoms. The number of alkyl halides is 3. The summed E-state index contributed by atoms with van der Waals surface area (Å²) in [5, 5.41) is 7.48. The Balaban J connectivity index is 1.53. The summed E-state index contributed by atoms with van der Waals surface area (Å²) >= 11 is 12.2. The topological polar surface area (TPSA) is 96.4 Å². The normalized spacial score (nSPS) is 12.2. The number of nitrogens with zero attached hydrogens (tertiary/aromatic N) is 3. The molecule has 0 aliphatic rings. The van der Waals surface area contributed by atoms with Gasteiger partial charge in [0.05, 0.1) is 17.6 Å². The summed E-state index contributed by atoms with van der Waals surface area (Å²) in [5.74, 6) is -0.125. The number of thiocarbonyl (C=S) groups is 1. The second kappa shape index (κ2) is 12.6. The molecule has 0 bridgehead atoms. The van der Waals surface area contributed by atoms with Crippen LogP contribution in [0, 0.1) is 0 Å². The number of anilines is 1. The molecule has 3 aromatic carbocycles. The number of nitrogens with two attached hydrogens (primary N) is 1. The number of halogens is 5. The van der Waals surface area contributed by atoms with Crippen molar-refractivity contribution in [2.24, 2.45) is 20.8 Å². The highest BCUT2D eigenvalue weighted by Gasteiger charge is 2.30. The maximum atomic E-state index is 12.2. The van der Waals surface area contributed by atoms with Crippen LogP contribution in [-0.4, -0.2) is 29.9 Å². The summed E-state index contributed by atoms with van der Waals surface area (Å²) in [6, 6.07) is 17.8. The molecule has 0 aliphatic heterocycles. The third kappa shape index (κ3) is 8.73. The Morgan fingerprint density at radius 2 is 1.61 bits per heavy atom. The zero-order valence-electron chi connectivity index (χ0n) is 18.1. The number of rotatable bonds is 7. The minimum absolute atomic E-state index is 0.210. The summed E-state index contributed by atoms with van der Waals surface area (Å²) in [4.78, 5) is 8.09. The van der Waals surface area contributed by atoms with Gasteiger partial charge in [-0.15, -0.1) is 13.2 Å². The fraction of sp³-hybridized carbons (Fsp3) is 0.0435. The molecule has 0 atom stereocenters. The molecule has 0 amide bonds. The van der Waals surface area contributed by atoms with Gasteiger partial charge >= 0.3 is 6.36 Å². The van der Waals surface area contributed by atoms with Crippen LogP contribution in [0.2, 0.25) is 0 Å². The van der Waals surface area contributed by atoms with Crippen molar-refractivity contribution in [3.8, 4) is 5.75 Å². The average Bonchev–Trinajstić information content (AvgIpc) is 2.82. The van der Waals surface area contributed by atoms with Crippen molar-refractivity contribution < 1.29 is 17.9 Å². The zero-order valence-corrected chi connectivity index (χ0v) is 22.1. The van der Waals surface area contributed by atoms with Gasteiger partial charge in [0, 0.05) is 14.5 Å². The van der Waals surface area contributed by atoms with Crippen LogP contribution < -0.4 is 21.2 Å². The lowest BCUT2D eigenvalue weighted by Gasteiger charge is -2.10. The van der Waals surface area contributed by atoms with Crippen molar-refractivity contribution in [3.05, 3.63) is 86.8 Å². The van der Waals surface area contributed by atoms with Crippen molar-refractivity contribution in [3.63, 3.8) is 0 Å². The van der Waals surface area contributed by atoms with Gasteiger partial charge in [-0.1, -0.05) is 30.3 Å². The zero-order chi connectivity index (χ0) is 26.1. The molecule has 0 saturated carbocycles. The van der Waals surface area contributed by atoms with Gasteiger partial charge in [0.15, 0.2) is 5.11 Å². The number of para-hydroxylation sites is 1. The molecule has 0 heterocycles. The lowest BCUT2D eigenvalue weighted by Crippen LogP contribution is -2.24. The van der Waals surface area contributed by atoms with Gasteiger partial charge in [0.1, 0.15) is 17.9 Å². The van der Waals surface area contributed by atoms with E-state index in [9.17, 15) is 13.2 Å². The van der Waals surface area contributed by atoms with E-state index in [1.165, 1.54) is 18.5 Å². The fourth-order valence-electron chi connectivity index (χ4n) is 2.63. The average molecular weight is 642 g/mol. The Morgan fingerprint density at radius 1 is 0.972 bits per heavy atom. The number of ether oxygens (including phenoxy) is 1. The Morgan fingerprint density at radius 3 is 2.22 bits per heavy atom. The maximum Gasteiger partial charge on any atom is 0.573 e. The second-order valence-electron chi connectivity index (χ2n) is 6.84. The van der Waals surface area contributed by atoms with E-state index in [0.717, 1.165) is 32.3 Å². The van der Waals surface area contributed by atoms with Crippen LogP contribution in [0.3, 0.4) is 0 Å². The number of nitrogens with one attached hydrogen (secondary N) is 2. The molecular formula is C23H17Br2F3N6OS. The molecule has 0 aromatic heterocycles. The Labute approximate surface area is 226 Å². The van der Waals surface area contributed by atoms with Crippen LogP contribution in [0.15, 0.2) is 90.8 Å². The van der Waals surface area contributed by atoms with E-state index in [2.05, 4.69) is 62.4 Å². The first-order chi connectivity index (χ1) is 17.1. The van der Waals surface area contributed by atoms with Gasteiger partial charge in [0.2, 0.25) is 0 Å². The smallest absolute Gasteiger partial charge is 0.406 e. The van der Waals surface area contributed by atoms with Crippen molar-refractivity contribution in [2.45, 2.75) is 6.36 Å². The first-order valence-electron chi connectivity index (χ1n) is 9.97. The Hall–Kier alpha value is -3.29. The summed E-state index contributed by atoms with van der Waals surface area (Å²) < 4.78 is 42.1. The highest BCUT2D eigenvalue weighted by Crippen LogP contribution is 2.30. The van der Waals surface area contributed by atoms with Gasteiger partial charge < -0.3 is 15.8 Å². The molecule has 0 radical (unpaired) electrons. The van der Waals surface area contributed by atoms with Crippen LogP contribution in [-0.2, 0) is 0 Å². The number of aliphatic imine (C=N–C) groups is 2. The number of hydrazone groups is 1. The highest BCUT2D eigenvalue weighted by molar-refractivity contribution is 9.11. The van der Waals surface area contributed by atoms with Gasteiger partial charge in [-0.3, -0.25) is 5.43 Å².